The number of benzene rings is 1. The molecule has 4 aromatic rings. The third-order valence-corrected chi connectivity index (χ3v) is 5.77. The molecule has 1 atom stereocenters. The van der Waals surface area contributed by atoms with E-state index in [1.807, 2.05) is 26.1 Å². The van der Waals surface area contributed by atoms with Gasteiger partial charge in [0.05, 0.1) is 54.2 Å². The lowest BCUT2D eigenvalue weighted by Crippen LogP contribution is -2.36. The third-order valence-electron chi connectivity index (χ3n) is 5.77. The number of fused-ring (bicyclic) bond motifs is 4. The number of anilines is 1. The van der Waals surface area contributed by atoms with Crippen LogP contribution in [0.4, 0.5) is 5.82 Å². The second kappa shape index (κ2) is 7.72. The lowest BCUT2D eigenvalue weighted by atomic mass is 10.0. The molecule has 0 fully saturated rings. The van der Waals surface area contributed by atoms with Crippen molar-refractivity contribution in [2.24, 2.45) is 7.05 Å². The van der Waals surface area contributed by atoms with E-state index in [1.165, 1.54) is 0 Å². The second-order valence-corrected chi connectivity index (χ2v) is 7.69. The summed E-state index contributed by atoms with van der Waals surface area (Å²) in [5.74, 6) is 0.272. The first-order valence-corrected chi connectivity index (χ1v) is 10.3. The maximum absolute atomic E-state index is 13.4. The number of nitrogens with zero attached hydrogens (tertiary/aromatic N) is 6. The number of aryl methyl sites for hydroxylation is 1. The minimum atomic E-state index is -0.307. The van der Waals surface area contributed by atoms with Crippen LogP contribution in [0.5, 0.6) is 6.01 Å². The molecule has 164 valence electrons. The Morgan fingerprint density at radius 1 is 1.31 bits per heavy atom. The Morgan fingerprint density at radius 3 is 2.97 bits per heavy atom. The van der Waals surface area contributed by atoms with Crippen molar-refractivity contribution in [3.05, 3.63) is 47.4 Å². The Balaban J connectivity index is 1.51. The SMILES string of the molecule is CCOc1ncc2c(n1)COC[C@H]2N(C)C(=O)c1ccc2nc(N)c3cnn(C)c3c2c1. The number of pyridine rings is 1. The number of amides is 1. The average Bonchev–Trinajstić information content (AvgIpc) is 3.20. The van der Waals surface area contributed by atoms with E-state index in [4.69, 9.17) is 15.2 Å². The largest absolute Gasteiger partial charge is 0.464 e. The predicted molar refractivity (Wildman–Crippen MR) is 118 cm³/mol. The summed E-state index contributed by atoms with van der Waals surface area (Å²) in [7, 11) is 3.60. The normalized spacial score (nSPS) is 15.7. The van der Waals surface area contributed by atoms with Crippen molar-refractivity contribution in [1.29, 1.82) is 0 Å². The number of carbonyl (C=O) groups excluding carboxylic acids is 1. The van der Waals surface area contributed by atoms with E-state index in [0.29, 0.717) is 42.7 Å². The number of carbonyl (C=O) groups is 1. The van der Waals surface area contributed by atoms with E-state index >= 15 is 0 Å². The molecule has 0 bridgehead atoms. The third kappa shape index (κ3) is 3.19. The highest BCUT2D eigenvalue weighted by Gasteiger charge is 2.30. The Bertz CT molecular complexity index is 1350. The zero-order valence-electron chi connectivity index (χ0n) is 18.1. The van der Waals surface area contributed by atoms with E-state index in [0.717, 1.165) is 27.5 Å². The maximum Gasteiger partial charge on any atom is 0.316 e. The highest BCUT2D eigenvalue weighted by Crippen LogP contribution is 2.31. The number of rotatable bonds is 4. The minimum Gasteiger partial charge on any atom is -0.464 e. The summed E-state index contributed by atoms with van der Waals surface area (Å²) in [6.07, 6.45) is 3.40. The van der Waals surface area contributed by atoms with E-state index in [1.54, 1.807) is 35.1 Å². The van der Waals surface area contributed by atoms with Crippen LogP contribution in [0.1, 0.15) is 34.6 Å². The number of hydrogen-bond donors (Lipinski definition) is 1. The topological polar surface area (TPSA) is 121 Å². The molecule has 0 saturated carbocycles. The van der Waals surface area contributed by atoms with E-state index < -0.39 is 0 Å². The molecule has 3 aromatic heterocycles. The number of nitrogens with two attached hydrogens (primary N) is 1. The molecule has 10 heteroatoms. The lowest BCUT2D eigenvalue weighted by Gasteiger charge is -2.32. The first-order chi connectivity index (χ1) is 15.5. The van der Waals surface area contributed by atoms with Crippen molar-refractivity contribution in [3.8, 4) is 6.01 Å². The van der Waals surface area contributed by atoms with Gasteiger partial charge in [-0.05, 0) is 25.1 Å². The molecule has 1 aliphatic rings. The summed E-state index contributed by atoms with van der Waals surface area (Å²) in [5, 5.41) is 5.87. The standard InChI is InChI=1S/C22H23N7O3/c1-4-32-22-24-8-14-17(27-22)10-31-11-18(14)28(2)21(30)12-5-6-16-13(7-12)19-15(20(23)26-16)9-25-29(19)3/h5-9,18H,4,10-11H2,1-3H3,(H2,23,26)/t18-/m1/s1. The molecule has 1 aromatic carbocycles. The summed E-state index contributed by atoms with van der Waals surface area (Å²) < 4.78 is 12.9. The van der Waals surface area contributed by atoms with Crippen LogP contribution in [0, 0.1) is 0 Å². The highest BCUT2D eigenvalue weighted by molar-refractivity contribution is 6.10. The first-order valence-electron chi connectivity index (χ1n) is 10.3. The average molecular weight is 433 g/mol. The molecule has 0 saturated heterocycles. The van der Waals surface area contributed by atoms with Crippen LogP contribution in [-0.4, -0.2) is 55.8 Å². The Morgan fingerprint density at radius 2 is 2.16 bits per heavy atom. The number of ether oxygens (including phenoxy) is 2. The van der Waals surface area contributed by atoms with Crippen molar-refractivity contribution in [1.82, 2.24) is 29.6 Å². The fourth-order valence-electron chi connectivity index (χ4n) is 4.11. The van der Waals surface area contributed by atoms with Gasteiger partial charge in [0, 0.05) is 36.8 Å². The Labute approximate surface area is 184 Å². The van der Waals surface area contributed by atoms with Gasteiger partial charge in [-0.2, -0.15) is 10.1 Å². The van der Waals surface area contributed by atoms with Gasteiger partial charge in [0.25, 0.3) is 5.91 Å². The highest BCUT2D eigenvalue weighted by atomic mass is 16.5. The molecule has 1 amide bonds. The van der Waals surface area contributed by atoms with Gasteiger partial charge in [0.1, 0.15) is 5.82 Å². The van der Waals surface area contributed by atoms with Crippen molar-refractivity contribution >= 4 is 33.5 Å². The minimum absolute atomic E-state index is 0.144. The number of aromatic nitrogens is 5. The van der Waals surface area contributed by atoms with Crippen LogP contribution in [-0.2, 0) is 18.4 Å². The predicted octanol–water partition coefficient (Wildman–Crippen LogP) is 2.24. The second-order valence-electron chi connectivity index (χ2n) is 7.69. The molecule has 32 heavy (non-hydrogen) atoms. The zero-order valence-corrected chi connectivity index (χ0v) is 18.1. The van der Waals surface area contributed by atoms with Crippen LogP contribution < -0.4 is 10.5 Å². The summed E-state index contributed by atoms with van der Waals surface area (Å²) in [5.41, 5.74) is 9.76. The molecule has 10 nitrogen and oxygen atoms in total. The Hall–Kier alpha value is -3.79. The molecule has 2 N–H and O–H groups in total. The van der Waals surface area contributed by atoms with Gasteiger partial charge >= 0.3 is 6.01 Å². The van der Waals surface area contributed by atoms with Gasteiger partial charge in [0.15, 0.2) is 0 Å². The maximum atomic E-state index is 13.4. The van der Waals surface area contributed by atoms with Crippen molar-refractivity contribution < 1.29 is 14.3 Å². The Kier molecular flexibility index (Phi) is 4.86. The van der Waals surface area contributed by atoms with Crippen LogP contribution in [0.15, 0.2) is 30.6 Å². The molecule has 1 aliphatic heterocycles. The molecule has 5 rings (SSSR count). The fourth-order valence-corrected chi connectivity index (χ4v) is 4.11. The van der Waals surface area contributed by atoms with E-state index in [2.05, 4.69) is 20.1 Å². The van der Waals surface area contributed by atoms with Gasteiger partial charge in [-0.1, -0.05) is 0 Å². The fraction of sp³-hybridized carbons (Fsp3) is 0.318. The van der Waals surface area contributed by atoms with Crippen molar-refractivity contribution in [2.45, 2.75) is 19.6 Å². The van der Waals surface area contributed by atoms with Gasteiger partial charge in [-0.15, -0.1) is 0 Å². The summed E-state index contributed by atoms with van der Waals surface area (Å²) >= 11 is 0. The molecular weight excluding hydrogens is 410 g/mol. The summed E-state index contributed by atoms with van der Waals surface area (Å²) in [4.78, 5) is 28.3. The van der Waals surface area contributed by atoms with Crippen LogP contribution in [0.25, 0.3) is 21.8 Å². The van der Waals surface area contributed by atoms with Crippen molar-refractivity contribution in [3.63, 3.8) is 0 Å². The molecule has 0 radical (unpaired) electrons. The van der Waals surface area contributed by atoms with Crippen LogP contribution in [0.2, 0.25) is 0 Å². The zero-order chi connectivity index (χ0) is 22.4. The van der Waals surface area contributed by atoms with E-state index in [9.17, 15) is 4.79 Å². The molecule has 0 unspecified atom stereocenters. The van der Waals surface area contributed by atoms with Gasteiger partial charge in [0.2, 0.25) is 0 Å². The first kappa shape index (κ1) is 20.1. The molecule has 4 heterocycles. The van der Waals surface area contributed by atoms with Crippen LogP contribution >= 0.6 is 0 Å². The lowest BCUT2D eigenvalue weighted by molar-refractivity contribution is 0.0324. The number of hydrogen-bond acceptors (Lipinski definition) is 8. The number of nitrogen functional groups attached to an aromatic ring is 1. The quantitative estimate of drug-likeness (QED) is 0.520. The van der Waals surface area contributed by atoms with Gasteiger partial charge in [-0.3, -0.25) is 9.48 Å². The summed E-state index contributed by atoms with van der Waals surface area (Å²) in [6.45, 7) is 3.08. The van der Waals surface area contributed by atoms with Gasteiger partial charge in [-0.25, -0.2) is 9.97 Å². The smallest absolute Gasteiger partial charge is 0.316 e. The van der Waals surface area contributed by atoms with Crippen molar-refractivity contribution in [2.75, 3.05) is 26.0 Å². The molecule has 0 spiro atoms. The van der Waals surface area contributed by atoms with Gasteiger partial charge < -0.3 is 20.1 Å². The van der Waals surface area contributed by atoms with Crippen LogP contribution in [0.3, 0.4) is 0 Å². The number of likely N-dealkylation sites (N-methyl/N-ethyl adjacent to an activating group) is 1. The summed E-state index contributed by atoms with van der Waals surface area (Å²) in [6, 6.07) is 5.41. The monoisotopic (exact) mass is 433 g/mol. The molecule has 0 aliphatic carbocycles. The van der Waals surface area contributed by atoms with E-state index in [-0.39, 0.29) is 11.9 Å². The molecular formula is C22H23N7O3.